The van der Waals surface area contributed by atoms with E-state index >= 15 is 0 Å². The first kappa shape index (κ1) is 14.5. The quantitative estimate of drug-likeness (QED) is 0.885. The van der Waals surface area contributed by atoms with Crippen molar-refractivity contribution >= 4 is 11.6 Å². The van der Waals surface area contributed by atoms with Gasteiger partial charge in [-0.15, -0.1) is 0 Å². The minimum Gasteiger partial charge on any atom is -0.379 e. The lowest BCUT2D eigenvalue weighted by molar-refractivity contribution is -0.116. The Morgan fingerprint density at radius 1 is 1.35 bits per heavy atom. The van der Waals surface area contributed by atoms with Crippen LogP contribution in [0.25, 0.3) is 0 Å². The molecule has 0 spiro atoms. The smallest absolute Gasteiger partial charge is 0.224 e. The van der Waals surface area contributed by atoms with E-state index in [1.807, 2.05) is 6.07 Å². The molecule has 1 fully saturated rings. The molecule has 1 aromatic carbocycles. The minimum atomic E-state index is -0.0408. The normalized spacial score (nSPS) is 15.6. The molecule has 0 bridgehead atoms. The van der Waals surface area contributed by atoms with Crippen molar-refractivity contribution in [2.75, 3.05) is 38.2 Å². The van der Waals surface area contributed by atoms with Crippen molar-refractivity contribution in [3.05, 3.63) is 29.8 Å². The van der Waals surface area contributed by atoms with Crippen molar-refractivity contribution in [1.82, 2.24) is 4.90 Å². The Labute approximate surface area is 119 Å². The van der Waals surface area contributed by atoms with Gasteiger partial charge >= 0.3 is 0 Å². The highest BCUT2D eigenvalue weighted by Crippen LogP contribution is 2.14. The lowest BCUT2D eigenvalue weighted by atomic mass is 10.2. The fraction of sp³-hybridized carbons (Fsp3) is 0.467. The number of hydrogen-bond acceptors (Lipinski definition) is 4. The van der Waals surface area contributed by atoms with Gasteiger partial charge in [0.05, 0.1) is 24.5 Å². The Morgan fingerprint density at radius 3 is 2.85 bits per heavy atom. The molecule has 1 heterocycles. The van der Waals surface area contributed by atoms with Crippen LogP contribution < -0.4 is 5.32 Å². The van der Waals surface area contributed by atoms with Gasteiger partial charge in [0, 0.05) is 19.5 Å². The van der Waals surface area contributed by atoms with Crippen LogP contribution in [0, 0.1) is 11.3 Å². The molecule has 0 aromatic heterocycles. The molecule has 0 unspecified atom stereocenters. The number of nitrogens with zero attached hydrogens (tertiary/aromatic N) is 2. The molecule has 0 atom stereocenters. The summed E-state index contributed by atoms with van der Waals surface area (Å²) in [6.45, 7) is 4.36. The van der Waals surface area contributed by atoms with E-state index in [-0.39, 0.29) is 5.91 Å². The van der Waals surface area contributed by atoms with Crippen LogP contribution in [0.15, 0.2) is 24.3 Å². The zero-order valence-corrected chi connectivity index (χ0v) is 11.5. The van der Waals surface area contributed by atoms with E-state index in [0.717, 1.165) is 39.3 Å². The average Bonchev–Trinajstić information content (AvgIpc) is 2.49. The Bertz CT molecular complexity index is 490. The number of benzene rings is 1. The van der Waals surface area contributed by atoms with Gasteiger partial charge in [0.2, 0.25) is 5.91 Å². The van der Waals surface area contributed by atoms with E-state index in [2.05, 4.69) is 16.3 Å². The summed E-state index contributed by atoms with van der Waals surface area (Å²) in [6, 6.07) is 9.11. The van der Waals surface area contributed by atoms with Crippen LogP contribution in [0.2, 0.25) is 0 Å². The first-order chi connectivity index (χ1) is 9.79. The van der Waals surface area contributed by atoms with Crippen LogP contribution in [0.4, 0.5) is 5.69 Å². The monoisotopic (exact) mass is 273 g/mol. The summed E-state index contributed by atoms with van der Waals surface area (Å²) in [5, 5.41) is 11.8. The first-order valence-corrected chi connectivity index (χ1v) is 6.88. The molecule has 2 rings (SSSR count). The predicted molar refractivity (Wildman–Crippen MR) is 76.3 cm³/mol. The van der Waals surface area contributed by atoms with Crippen LogP contribution in [-0.4, -0.2) is 43.7 Å². The predicted octanol–water partition coefficient (Wildman–Crippen LogP) is 1.61. The van der Waals surface area contributed by atoms with Gasteiger partial charge in [-0.3, -0.25) is 9.69 Å². The van der Waals surface area contributed by atoms with Crippen LogP contribution in [-0.2, 0) is 9.53 Å². The number of anilines is 1. The van der Waals surface area contributed by atoms with Crippen LogP contribution in [0.5, 0.6) is 0 Å². The molecule has 0 saturated carbocycles. The molecule has 1 N–H and O–H groups in total. The maximum atomic E-state index is 11.9. The SMILES string of the molecule is N#Cc1ccccc1NC(=O)CCCN1CCOCC1. The summed E-state index contributed by atoms with van der Waals surface area (Å²) >= 11 is 0. The van der Waals surface area contributed by atoms with Gasteiger partial charge in [-0.25, -0.2) is 0 Å². The molecule has 106 valence electrons. The van der Waals surface area contributed by atoms with Crippen LogP contribution in [0.3, 0.4) is 0 Å². The zero-order chi connectivity index (χ0) is 14.2. The third kappa shape index (κ3) is 4.34. The third-order valence-corrected chi connectivity index (χ3v) is 3.30. The van der Waals surface area contributed by atoms with Gasteiger partial charge in [-0.1, -0.05) is 12.1 Å². The molecule has 0 radical (unpaired) electrons. The molecular weight excluding hydrogens is 254 g/mol. The van der Waals surface area contributed by atoms with Crippen molar-refractivity contribution in [3.63, 3.8) is 0 Å². The Kier molecular flexibility index (Phi) is 5.54. The van der Waals surface area contributed by atoms with E-state index in [1.165, 1.54) is 0 Å². The summed E-state index contributed by atoms with van der Waals surface area (Å²) in [6.07, 6.45) is 1.29. The van der Waals surface area contributed by atoms with Crippen molar-refractivity contribution in [3.8, 4) is 6.07 Å². The number of rotatable bonds is 5. The summed E-state index contributed by atoms with van der Waals surface area (Å²) in [5.41, 5.74) is 1.08. The first-order valence-electron chi connectivity index (χ1n) is 6.88. The summed E-state index contributed by atoms with van der Waals surface area (Å²) < 4.78 is 5.28. The van der Waals surface area contributed by atoms with E-state index < -0.39 is 0 Å². The molecule has 1 aliphatic heterocycles. The second kappa shape index (κ2) is 7.63. The second-order valence-electron chi connectivity index (χ2n) is 4.76. The number of amides is 1. The summed E-state index contributed by atoms with van der Waals surface area (Å²) in [5.74, 6) is -0.0408. The fourth-order valence-corrected chi connectivity index (χ4v) is 2.19. The molecule has 0 aliphatic carbocycles. The fourth-order valence-electron chi connectivity index (χ4n) is 2.19. The number of morpholine rings is 1. The molecule has 1 aliphatic rings. The van der Waals surface area contributed by atoms with Gasteiger partial charge in [0.1, 0.15) is 6.07 Å². The van der Waals surface area contributed by atoms with Crippen molar-refractivity contribution in [1.29, 1.82) is 5.26 Å². The van der Waals surface area contributed by atoms with Crippen molar-refractivity contribution < 1.29 is 9.53 Å². The van der Waals surface area contributed by atoms with Gasteiger partial charge in [0.15, 0.2) is 0 Å². The van der Waals surface area contributed by atoms with E-state index in [4.69, 9.17) is 10.00 Å². The van der Waals surface area contributed by atoms with E-state index in [0.29, 0.717) is 17.7 Å². The van der Waals surface area contributed by atoms with Crippen LogP contribution >= 0.6 is 0 Å². The van der Waals surface area contributed by atoms with E-state index in [1.54, 1.807) is 18.2 Å². The lowest BCUT2D eigenvalue weighted by Crippen LogP contribution is -2.37. The number of hydrogen-bond donors (Lipinski definition) is 1. The summed E-state index contributed by atoms with van der Waals surface area (Å²) in [4.78, 5) is 14.2. The molecule has 1 aromatic rings. The maximum Gasteiger partial charge on any atom is 0.224 e. The number of carbonyl (C=O) groups is 1. The molecule has 5 nitrogen and oxygen atoms in total. The number of nitriles is 1. The Morgan fingerprint density at radius 2 is 2.10 bits per heavy atom. The highest BCUT2D eigenvalue weighted by atomic mass is 16.5. The Balaban J connectivity index is 1.73. The lowest BCUT2D eigenvalue weighted by Gasteiger charge is -2.26. The van der Waals surface area contributed by atoms with Crippen molar-refractivity contribution in [2.45, 2.75) is 12.8 Å². The van der Waals surface area contributed by atoms with Gasteiger partial charge in [-0.05, 0) is 25.1 Å². The number of nitrogens with one attached hydrogen (secondary N) is 1. The average molecular weight is 273 g/mol. The molecular formula is C15H19N3O2. The second-order valence-corrected chi connectivity index (χ2v) is 4.76. The molecule has 5 heteroatoms. The standard InChI is InChI=1S/C15H19N3O2/c16-12-13-4-1-2-5-14(13)17-15(19)6-3-7-18-8-10-20-11-9-18/h1-2,4-5H,3,6-11H2,(H,17,19). The number of carbonyl (C=O) groups excluding carboxylic acids is 1. The molecule has 20 heavy (non-hydrogen) atoms. The zero-order valence-electron chi connectivity index (χ0n) is 11.5. The van der Waals surface area contributed by atoms with Gasteiger partial charge in [0.25, 0.3) is 0 Å². The van der Waals surface area contributed by atoms with Crippen molar-refractivity contribution in [2.24, 2.45) is 0 Å². The molecule has 1 saturated heterocycles. The van der Waals surface area contributed by atoms with E-state index in [9.17, 15) is 4.79 Å². The molecule has 1 amide bonds. The highest BCUT2D eigenvalue weighted by molar-refractivity contribution is 5.92. The summed E-state index contributed by atoms with van der Waals surface area (Å²) in [7, 11) is 0. The number of ether oxygens (including phenoxy) is 1. The Hall–Kier alpha value is -1.90. The van der Waals surface area contributed by atoms with Crippen LogP contribution in [0.1, 0.15) is 18.4 Å². The largest absolute Gasteiger partial charge is 0.379 e. The topological polar surface area (TPSA) is 65.4 Å². The minimum absolute atomic E-state index is 0.0408. The van der Waals surface area contributed by atoms with Gasteiger partial charge in [-0.2, -0.15) is 5.26 Å². The highest BCUT2D eigenvalue weighted by Gasteiger charge is 2.11. The van der Waals surface area contributed by atoms with Gasteiger partial charge < -0.3 is 10.1 Å². The maximum absolute atomic E-state index is 11.9. The third-order valence-electron chi connectivity index (χ3n) is 3.30. The number of para-hydroxylation sites is 1.